The number of nitriles is 1. The Bertz CT molecular complexity index is 417. The van der Waals surface area contributed by atoms with Crippen molar-refractivity contribution in [2.75, 3.05) is 19.7 Å². The zero-order chi connectivity index (χ0) is 13.5. The molecule has 1 aromatic carbocycles. The van der Waals surface area contributed by atoms with Crippen LogP contribution in [0.1, 0.15) is 31.7 Å². The van der Waals surface area contributed by atoms with Gasteiger partial charge in [-0.25, -0.2) is 0 Å². The molecular formula is C16H22N2O. The van der Waals surface area contributed by atoms with Gasteiger partial charge in [0.25, 0.3) is 0 Å². The van der Waals surface area contributed by atoms with E-state index < -0.39 is 0 Å². The molecule has 1 aliphatic carbocycles. The van der Waals surface area contributed by atoms with Crippen LogP contribution in [0.25, 0.3) is 0 Å². The summed E-state index contributed by atoms with van der Waals surface area (Å²) in [6.45, 7) is 5.16. The molecule has 2 rings (SSSR count). The summed E-state index contributed by atoms with van der Waals surface area (Å²) in [4.78, 5) is 2.53. The molecule has 1 saturated carbocycles. The topological polar surface area (TPSA) is 36.3 Å². The molecule has 0 atom stereocenters. The number of hydrogen-bond donors (Lipinski definition) is 0. The minimum atomic E-state index is 0.465. The molecule has 1 fully saturated rings. The zero-order valence-electron chi connectivity index (χ0n) is 11.6. The second-order valence-electron chi connectivity index (χ2n) is 5.09. The van der Waals surface area contributed by atoms with E-state index >= 15 is 0 Å². The average molecular weight is 258 g/mol. The van der Waals surface area contributed by atoms with E-state index in [-0.39, 0.29) is 0 Å². The van der Waals surface area contributed by atoms with Gasteiger partial charge in [0.1, 0.15) is 12.4 Å². The number of benzene rings is 1. The second-order valence-corrected chi connectivity index (χ2v) is 5.09. The van der Waals surface area contributed by atoms with Crippen LogP contribution in [-0.4, -0.2) is 30.6 Å². The monoisotopic (exact) mass is 258 g/mol. The number of hydrogen-bond acceptors (Lipinski definition) is 3. The lowest BCUT2D eigenvalue weighted by molar-refractivity contribution is 0.202. The van der Waals surface area contributed by atoms with Crippen LogP contribution in [-0.2, 0) is 6.42 Å². The van der Waals surface area contributed by atoms with E-state index in [1.54, 1.807) is 0 Å². The van der Waals surface area contributed by atoms with Gasteiger partial charge in [-0.3, -0.25) is 4.90 Å². The Morgan fingerprint density at radius 3 is 2.58 bits per heavy atom. The summed E-state index contributed by atoms with van der Waals surface area (Å²) < 4.78 is 5.77. The third-order valence-corrected chi connectivity index (χ3v) is 3.43. The quantitative estimate of drug-likeness (QED) is 0.719. The lowest BCUT2D eigenvalue weighted by atomic mass is 10.2. The average Bonchev–Trinajstić information content (AvgIpc) is 3.24. The predicted octanol–water partition coefficient (Wildman–Crippen LogP) is 3.01. The van der Waals surface area contributed by atoms with Crippen LogP contribution in [0.4, 0.5) is 0 Å². The zero-order valence-corrected chi connectivity index (χ0v) is 11.6. The van der Waals surface area contributed by atoms with Crippen molar-refractivity contribution in [2.24, 2.45) is 0 Å². The van der Waals surface area contributed by atoms with Crippen molar-refractivity contribution in [1.82, 2.24) is 4.90 Å². The summed E-state index contributed by atoms with van der Waals surface area (Å²) >= 11 is 0. The molecule has 0 spiro atoms. The highest BCUT2D eigenvalue weighted by Gasteiger charge is 2.27. The first-order valence-electron chi connectivity index (χ1n) is 7.16. The van der Waals surface area contributed by atoms with Gasteiger partial charge in [-0.05, 0) is 43.5 Å². The fourth-order valence-corrected chi connectivity index (χ4v) is 2.28. The molecule has 1 aromatic rings. The van der Waals surface area contributed by atoms with Gasteiger partial charge in [-0.1, -0.05) is 19.1 Å². The van der Waals surface area contributed by atoms with Gasteiger partial charge in [-0.2, -0.15) is 5.26 Å². The molecule has 0 aromatic heterocycles. The van der Waals surface area contributed by atoms with Gasteiger partial charge >= 0.3 is 0 Å². The minimum Gasteiger partial charge on any atom is -0.492 e. The van der Waals surface area contributed by atoms with Crippen LogP contribution < -0.4 is 4.74 Å². The molecular weight excluding hydrogens is 236 g/mol. The van der Waals surface area contributed by atoms with Gasteiger partial charge in [0.05, 0.1) is 12.5 Å². The molecule has 0 N–H and O–H groups in total. The van der Waals surface area contributed by atoms with Crippen LogP contribution in [0.5, 0.6) is 5.75 Å². The Labute approximate surface area is 115 Å². The Kier molecular flexibility index (Phi) is 5.23. The van der Waals surface area contributed by atoms with E-state index in [9.17, 15) is 0 Å². The molecule has 3 heteroatoms. The molecule has 1 aliphatic rings. The molecule has 0 aliphatic heterocycles. The number of nitrogens with zero attached hydrogens (tertiary/aromatic N) is 2. The van der Waals surface area contributed by atoms with Crippen LogP contribution in [0.3, 0.4) is 0 Å². The van der Waals surface area contributed by atoms with Gasteiger partial charge in [-0.15, -0.1) is 0 Å². The Morgan fingerprint density at radius 1 is 1.26 bits per heavy atom. The van der Waals surface area contributed by atoms with Crippen molar-refractivity contribution in [2.45, 2.75) is 38.6 Å². The van der Waals surface area contributed by atoms with Gasteiger partial charge in [0.15, 0.2) is 0 Å². The molecule has 0 bridgehead atoms. The van der Waals surface area contributed by atoms with E-state index in [0.717, 1.165) is 30.5 Å². The molecule has 0 amide bonds. The van der Waals surface area contributed by atoms with Crippen molar-refractivity contribution in [3.63, 3.8) is 0 Å². The van der Waals surface area contributed by atoms with Crippen molar-refractivity contribution < 1.29 is 4.74 Å². The Morgan fingerprint density at radius 2 is 2.00 bits per heavy atom. The first-order valence-corrected chi connectivity index (χ1v) is 7.16. The molecule has 19 heavy (non-hydrogen) atoms. The maximum absolute atomic E-state index is 8.61. The van der Waals surface area contributed by atoms with Crippen LogP contribution in [0.2, 0.25) is 0 Å². The first-order chi connectivity index (χ1) is 9.33. The van der Waals surface area contributed by atoms with Gasteiger partial charge in [0, 0.05) is 12.6 Å². The highest BCUT2D eigenvalue weighted by Crippen LogP contribution is 2.26. The fraction of sp³-hybridized carbons (Fsp3) is 0.562. The normalized spacial score (nSPS) is 14.4. The van der Waals surface area contributed by atoms with E-state index in [1.165, 1.54) is 25.8 Å². The summed E-state index contributed by atoms with van der Waals surface area (Å²) in [7, 11) is 0. The summed E-state index contributed by atoms with van der Waals surface area (Å²) in [6.07, 6.45) is 4.37. The maximum Gasteiger partial charge on any atom is 0.119 e. The van der Waals surface area contributed by atoms with Crippen LogP contribution >= 0.6 is 0 Å². The minimum absolute atomic E-state index is 0.465. The van der Waals surface area contributed by atoms with Crippen molar-refractivity contribution in [3.05, 3.63) is 29.8 Å². The largest absolute Gasteiger partial charge is 0.492 e. The lowest BCUT2D eigenvalue weighted by Gasteiger charge is -2.21. The maximum atomic E-state index is 8.61. The number of ether oxygens (including phenoxy) is 1. The second kappa shape index (κ2) is 7.16. The van der Waals surface area contributed by atoms with Gasteiger partial charge in [0.2, 0.25) is 0 Å². The fourth-order valence-electron chi connectivity index (χ4n) is 2.28. The van der Waals surface area contributed by atoms with E-state index in [1.807, 2.05) is 24.3 Å². The summed E-state index contributed by atoms with van der Waals surface area (Å²) in [5, 5.41) is 8.61. The number of rotatable bonds is 8. The molecule has 102 valence electrons. The Hall–Kier alpha value is -1.53. The van der Waals surface area contributed by atoms with E-state index in [4.69, 9.17) is 10.00 Å². The highest BCUT2D eigenvalue weighted by molar-refractivity contribution is 5.28. The Balaban J connectivity index is 1.73. The van der Waals surface area contributed by atoms with Gasteiger partial charge < -0.3 is 4.74 Å². The van der Waals surface area contributed by atoms with Crippen LogP contribution in [0.15, 0.2) is 24.3 Å². The summed E-state index contributed by atoms with van der Waals surface area (Å²) in [6, 6.07) is 10.8. The van der Waals surface area contributed by atoms with E-state index in [0.29, 0.717) is 6.42 Å². The predicted molar refractivity (Wildman–Crippen MR) is 76.1 cm³/mol. The summed E-state index contributed by atoms with van der Waals surface area (Å²) in [5.41, 5.74) is 1.04. The summed E-state index contributed by atoms with van der Waals surface area (Å²) in [5.74, 6) is 0.897. The molecule has 0 heterocycles. The smallest absolute Gasteiger partial charge is 0.119 e. The van der Waals surface area contributed by atoms with Crippen LogP contribution in [0, 0.1) is 11.3 Å². The highest BCUT2D eigenvalue weighted by atomic mass is 16.5. The lowest BCUT2D eigenvalue weighted by Crippen LogP contribution is -2.31. The molecule has 0 saturated heterocycles. The molecule has 0 radical (unpaired) electrons. The van der Waals surface area contributed by atoms with Crippen molar-refractivity contribution in [3.8, 4) is 11.8 Å². The van der Waals surface area contributed by atoms with Crippen molar-refractivity contribution in [1.29, 1.82) is 5.26 Å². The molecule has 3 nitrogen and oxygen atoms in total. The standard InChI is InChI=1S/C16H22N2O/c1-2-11-18(15-5-6-15)12-13-19-16-7-3-14(4-8-16)9-10-17/h3-4,7-8,15H,2,5-6,9,11-13H2,1H3. The third kappa shape index (κ3) is 4.57. The first kappa shape index (κ1) is 13.9. The SMILES string of the molecule is CCCN(CCOc1ccc(CC#N)cc1)C1CC1. The van der Waals surface area contributed by atoms with E-state index in [2.05, 4.69) is 17.9 Å². The molecule has 0 unspecified atom stereocenters. The third-order valence-electron chi connectivity index (χ3n) is 3.43. The van der Waals surface area contributed by atoms with Crippen molar-refractivity contribution >= 4 is 0 Å².